The van der Waals surface area contributed by atoms with Crippen LogP contribution < -0.4 is 5.73 Å². The van der Waals surface area contributed by atoms with Crippen LogP contribution in [0.15, 0.2) is 0 Å². The first kappa shape index (κ1) is 13.9. The number of hydrogen-bond donors (Lipinski definition) is 3. The van der Waals surface area contributed by atoms with Crippen molar-refractivity contribution < 1.29 is 19.8 Å². The largest absolute Gasteiger partial charge is 0.480 e. The highest BCUT2D eigenvalue weighted by atomic mass is 16.4. The number of carboxylic acid groups (broad SMARTS) is 1. The van der Waals surface area contributed by atoms with Crippen molar-refractivity contribution in [2.24, 2.45) is 11.1 Å². The first-order chi connectivity index (χ1) is 7.64. The topological polar surface area (TPSA) is 104 Å². The lowest BCUT2D eigenvalue weighted by Crippen LogP contribution is -2.53. The monoisotopic (exact) mass is 244 g/mol. The van der Waals surface area contributed by atoms with Gasteiger partial charge in [0.25, 0.3) is 0 Å². The van der Waals surface area contributed by atoms with Crippen LogP contribution in [0.1, 0.15) is 27.2 Å². The summed E-state index contributed by atoms with van der Waals surface area (Å²) in [4.78, 5) is 24.2. The molecule has 0 aromatic heterocycles. The molecule has 0 spiro atoms. The molecule has 98 valence electrons. The Morgan fingerprint density at radius 3 is 2.35 bits per heavy atom. The normalized spacial score (nSPS) is 27.0. The first-order valence-corrected chi connectivity index (χ1v) is 5.61. The van der Waals surface area contributed by atoms with Crippen LogP contribution >= 0.6 is 0 Å². The van der Waals surface area contributed by atoms with Gasteiger partial charge in [0.1, 0.15) is 6.04 Å². The van der Waals surface area contributed by atoms with Crippen molar-refractivity contribution in [1.29, 1.82) is 0 Å². The smallest absolute Gasteiger partial charge is 0.326 e. The number of β-amino-alcohol motifs (C(OH)–C–C–N with tert-alkyl or cyclic N) is 1. The van der Waals surface area contributed by atoms with Crippen molar-refractivity contribution in [3.63, 3.8) is 0 Å². The molecular weight excluding hydrogens is 224 g/mol. The lowest BCUT2D eigenvalue weighted by Gasteiger charge is -2.31. The number of carbonyl (C=O) groups is 2. The maximum absolute atomic E-state index is 12.1. The van der Waals surface area contributed by atoms with E-state index in [0.717, 1.165) is 0 Å². The molecule has 0 saturated carbocycles. The van der Waals surface area contributed by atoms with Crippen LogP contribution in [0, 0.1) is 5.41 Å². The van der Waals surface area contributed by atoms with Gasteiger partial charge < -0.3 is 20.8 Å². The van der Waals surface area contributed by atoms with Gasteiger partial charge in [-0.15, -0.1) is 0 Å². The number of aliphatic carboxylic acids is 1. The highest BCUT2D eigenvalue weighted by Gasteiger charge is 2.42. The first-order valence-electron chi connectivity index (χ1n) is 5.61. The summed E-state index contributed by atoms with van der Waals surface area (Å²) in [5.41, 5.74) is 5.38. The second-order valence-corrected chi connectivity index (χ2v) is 5.58. The van der Waals surface area contributed by atoms with E-state index in [1.54, 1.807) is 0 Å². The van der Waals surface area contributed by atoms with Crippen LogP contribution in [0.2, 0.25) is 0 Å². The number of aliphatic hydroxyl groups excluding tert-OH is 1. The number of likely N-dealkylation sites (tertiary alicyclic amines) is 1. The number of hydrogen-bond acceptors (Lipinski definition) is 4. The molecule has 0 aliphatic carbocycles. The Hall–Kier alpha value is -1.14. The summed E-state index contributed by atoms with van der Waals surface area (Å²) in [6.07, 6.45) is -0.718. The van der Waals surface area contributed by atoms with Gasteiger partial charge in [0.2, 0.25) is 5.91 Å². The van der Waals surface area contributed by atoms with Crippen LogP contribution in [0.4, 0.5) is 0 Å². The summed E-state index contributed by atoms with van der Waals surface area (Å²) < 4.78 is 0. The Morgan fingerprint density at radius 1 is 1.41 bits per heavy atom. The highest BCUT2D eigenvalue weighted by Crippen LogP contribution is 2.24. The molecule has 0 aromatic carbocycles. The number of nitrogens with zero attached hydrogens (tertiary/aromatic N) is 1. The lowest BCUT2D eigenvalue weighted by atomic mass is 9.86. The maximum Gasteiger partial charge on any atom is 0.326 e. The van der Waals surface area contributed by atoms with Gasteiger partial charge in [-0.1, -0.05) is 20.8 Å². The molecule has 1 heterocycles. The Kier molecular flexibility index (Phi) is 3.78. The van der Waals surface area contributed by atoms with E-state index in [2.05, 4.69) is 0 Å². The minimum absolute atomic E-state index is 0.0413. The number of aliphatic hydroxyl groups is 1. The molecule has 1 aliphatic rings. The van der Waals surface area contributed by atoms with E-state index in [0.29, 0.717) is 0 Å². The molecule has 1 amide bonds. The average Bonchev–Trinajstić information content (AvgIpc) is 2.56. The molecule has 4 N–H and O–H groups in total. The van der Waals surface area contributed by atoms with Crippen LogP contribution in [-0.4, -0.2) is 51.7 Å². The molecular formula is C11H20N2O4. The Balaban J connectivity index is 2.84. The third-order valence-corrected chi connectivity index (χ3v) is 3.05. The number of carbonyl (C=O) groups excluding carboxylic acids is 1. The second-order valence-electron chi connectivity index (χ2n) is 5.58. The van der Waals surface area contributed by atoms with Gasteiger partial charge >= 0.3 is 5.97 Å². The third kappa shape index (κ3) is 2.95. The molecule has 0 bridgehead atoms. The molecule has 6 heteroatoms. The van der Waals surface area contributed by atoms with Gasteiger partial charge in [-0.25, -0.2) is 4.79 Å². The molecule has 1 aliphatic heterocycles. The minimum atomic E-state index is -1.10. The predicted molar refractivity (Wildman–Crippen MR) is 61.2 cm³/mol. The number of carboxylic acids is 1. The van der Waals surface area contributed by atoms with Gasteiger partial charge in [0, 0.05) is 13.0 Å². The van der Waals surface area contributed by atoms with Crippen LogP contribution in [0.5, 0.6) is 0 Å². The zero-order valence-corrected chi connectivity index (χ0v) is 10.4. The molecule has 0 radical (unpaired) electrons. The van der Waals surface area contributed by atoms with Gasteiger partial charge in [-0.3, -0.25) is 4.79 Å². The molecule has 17 heavy (non-hydrogen) atoms. The van der Waals surface area contributed by atoms with E-state index in [1.807, 2.05) is 20.8 Å². The van der Waals surface area contributed by atoms with E-state index in [1.165, 1.54) is 4.90 Å². The molecule has 0 unspecified atom stereocenters. The van der Waals surface area contributed by atoms with E-state index < -0.39 is 35.5 Å². The summed E-state index contributed by atoms with van der Waals surface area (Å²) in [5.74, 6) is -1.52. The van der Waals surface area contributed by atoms with Crippen LogP contribution in [-0.2, 0) is 9.59 Å². The average molecular weight is 244 g/mol. The van der Waals surface area contributed by atoms with Gasteiger partial charge in [-0.2, -0.15) is 0 Å². The molecule has 1 fully saturated rings. The molecule has 1 saturated heterocycles. The Labute approximate surface area is 100 Å². The molecule has 6 nitrogen and oxygen atoms in total. The zero-order valence-electron chi connectivity index (χ0n) is 10.4. The van der Waals surface area contributed by atoms with E-state index in [-0.39, 0.29) is 13.0 Å². The van der Waals surface area contributed by atoms with E-state index in [9.17, 15) is 14.7 Å². The zero-order chi connectivity index (χ0) is 13.4. The van der Waals surface area contributed by atoms with Gasteiger partial charge in [0.15, 0.2) is 0 Å². The lowest BCUT2D eigenvalue weighted by molar-refractivity contribution is -0.149. The predicted octanol–water partition coefficient (Wildman–Crippen LogP) is -0.594. The van der Waals surface area contributed by atoms with Gasteiger partial charge in [-0.05, 0) is 5.41 Å². The van der Waals surface area contributed by atoms with Crippen molar-refractivity contribution in [2.45, 2.75) is 45.4 Å². The standard InChI is InChI=1S/C11H20N2O4/c1-11(2,3)8(12)9(15)13-5-6(14)4-7(13)10(16)17/h6-8,14H,4-5,12H2,1-3H3,(H,16,17)/t6-,7-,8-/m1/s1. The highest BCUT2D eigenvalue weighted by molar-refractivity contribution is 5.88. The SMILES string of the molecule is CC(C)(C)[C@H](N)C(=O)N1C[C@H](O)C[C@@H]1C(=O)O. The van der Waals surface area contributed by atoms with Crippen molar-refractivity contribution in [2.75, 3.05) is 6.54 Å². The summed E-state index contributed by atoms with van der Waals surface area (Å²) in [6.45, 7) is 5.49. The summed E-state index contributed by atoms with van der Waals surface area (Å²) in [6, 6.07) is -1.74. The molecule has 0 aromatic rings. The summed E-state index contributed by atoms with van der Waals surface area (Å²) in [7, 11) is 0. The van der Waals surface area contributed by atoms with Crippen molar-refractivity contribution in [1.82, 2.24) is 4.90 Å². The van der Waals surface area contributed by atoms with Crippen molar-refractivity contribution in [3.05, 3.63) is 0 Å². The van der Waals surface area contributed by atoms with Crippen LogP contribution in [0.25, 0.3) is 0 Å². The number of nitrogens with two attached hydrogens (primary N) is 1. The fraction of sp³-hybridized carbons (Fsp3) is 0.818. The summed E-state index contributed by atoms with van der Waals surface area (Å²) >= 11 is 0. The van der Waals surface area contributed by atoms with Gasteiger partial charge in [0.05, 0.1) is 12.1 Å². The van der Waals surface area contributed by atoms with Crippen LogP contribution in [0.3, 0.4) is 0 Å². The minimum Gasteiger partial charge on any atom is -0.480 e. The number of amides is 1. The number of rotatable bonds is 2. The van der Waals surface area contributed by atoms with Crippen molar-refractivity contribution >= 4 is 11.9 Å². The quantitative estimate of drug-likeness (QED) is 0.602. The Bertz CT molecular complexity index is 324. The fourth-order valence-electron chi connectivity index (χ4n) is 1.84. The van der Waals surface area contributed by atoms with E-state index >= 15 is 0 Å². The third-order valence-electron chi connectivity index (χ3n) is 3.05. The maximum atomic E-state index is 12.1. The molecule has 1 rings (SSSR count). The second kappa shape index (κ2) is 4.62. The Morgan fingerprint density at radius 2 is 1.94 bits per heavy atom. The summed E-state index contributed by atoms with van der Waals surface area (Å²) in [5, 5.41) is 18.4. The molecule has 3 atom stereocenters. The van der Waals surface area contributed by atoms with Crippen molar-refractivity contribution in [3.8, 4) is 0 Å². The fourth-order valence-corrected chi connectivity index (χ4v) is 1.84. The van der Waals surface area contributed by atoms with E-state index in [4.69, 9.17) is 10.8 Å².